The predicted molar refractivity (Wildman–Crippen MR) is 86.0 cm³/mol. The number of nitrogens with zero attached hydrogens (tertiary/aromatic N) is 4. The summed E-state index contributed by atoms with van der Waals surface area (Å²) in [5.74, 6) is 1.52. The van der Waals surface area contributed by atoms with Gasteiger partial charge in [0.15, 0.2) is 5.15 Å². The molecular weight excluding hydrogens is 316 g/mol. The number of rotatable bonds is 6. The minimum atomic E-state index is 0.183. The van der Waals surface area contributed by atoms with E-state index in [2.05, 4.69) is 10.3 Å². The van der Waals surface area contributed by atoms with Crippen LogP contribution in [0.25, 0.3) is 0 Å². The Bertz CT molecular complexity index is 618. The number of aromatic nitrogens is 3. The highest BCUT2D eigenvalue weighted by Crippen LogP contribution is 2.22. The summed E-state index contributed by atoms with van der Waals surface area (Å²) in [6.07, 6.45) is 8.07. The summed E-state index contributed by atoms with van der Waals surface area (Å²) in [7, 11) is 0. The Morgan fingerprint density at radius 2 is 2.22 bits per heavy atom. The molecule has 3 heterocycles. The smallest absolute Gasteiger partial charge is 0.223 e. The van der Waals surface area contributed by atoms with Gasteiger partial charge in [-0.3, -0.25) is 9.48 Å². The highest BCUT2D eigenvalue weighted by atomic mass is 35.5. The third-order valence-corrected chi connectivity index (χ3v) is 4.59. The Balaban J connectivity index is 1.37. The van der Waals surface area contributed by atoms with Crippen molar-refractivity contribution in [2.75, 3.05) is 13.1 Å². The minimum Gasteiger partial charge on any atom is -0.360 e. The van der Waals surface area contributed by atoms with Crippen LogP contribution in [0, 0.1) is 5.92 Å². The fraction of sp³-hybridized carbons (Fsp3) is 0.562. The minimum absolute atomic E-state index is 0.183. The summed E-state index contributed by atoms with van der Waals surface area (Å²) < 4.78 is 7.00. The second-order valence-corrected chi connectivity index (χ2v) is 6.39. The maximum Gasteiger partial charge on any atom is 0.223 e. The molecule has 0 bridgehead atoms. The van der Waals surface area contributed by atoms with Gasteiger partial charge in [-0.2, -0.15) is 5.10 Å². The van der Waals surface area contributed by atoms with Crippen molar-refractivity contribution >= 4 is 17.5 Å². The normalized spacial score (nSPS) is 16.0. The van der Waals surface area contributed by atoms with E-state index in [4.69, 9.17) is 16.1 Å². The van der Waals surface area contributed by atoms with Crippen LogP contribution in [-0.4, -0.2) is 38.8 Å². The third-order valence-electron chi connectivity index (χ3n) is 4.41. The number of aryl methyl sites for hydroxylation is 2. The Morgan fingerprint density at radius 3 is 2.87 bits per heavy atom. The molecule has 0 saturated carbocycles. The summed E-state index contributed by atoms with van der Waals surface area (Å²) in [6, 6.07) is 3.61. The zero-order valence-electron chi connectivity index (χ0n) is 13.0. The Morgan fingerprint density at radius 1 is 1.39 bits per heavy atom. The molecule has 0 radical (unpaired) electrons. The van der Waals surface area contributed by atoms with Gasteiger partial charge in [-0.25, -0.2) is 0 Å². The molecular formula is C16H21ClN4O2. The largest absolute Gasteiger partial charge is 0.360 e. The summed E-state index contributed by atoms with van der Waals surface area (Å²) >= 11 is 5.70. The lowest BCUT2D eigenvalue weighted by atomic mass is 9.93. The summed E-state index contributed by atoms with van der Waals surface area (Å²) in [5.41, 5.74) is 0. The zero-order chi connectivity index (χ0) is 16.1. The highest BCUT2D eigenvalue weighted by molar-refractivity contribution is 6.29. The van der Waals surface area contributed by atoms with Crippen LogP contribution in [-0.2, 0) is 17.8 Å². The van der Waals surface area contributed by atoms with Gasteiger partial charge in [0.1, 0.15) is 5.76 Å². The maximum atomic E-state index is 12.2. The van der Waals surface area contributed by atoms with Crippen LogP contribution in [0.3, 0.4) is 0 Å². The van der Waals surface area contributed by atoms with E-state index < -0.39 is 0 Å². The van der Waals surface area contributed by atoms with E-state index >= 15 is 0 Å². The first-order valence-electron chi connectivity index (χ1n) is 8.07. The number of amides is 1. The van der Waals surface area contributed by atoms with Crippen LogP contribution in [0.5, 0.6) is 0 Å². The number of carbonyl (C=O) groups excluding carboxylic acids is 1. The average molecular weight is 337 g/mol. The molecule has 1 fully saturated rings. The number of hydrogen-bond donors (Lipinski definition) is 0. The number of hydrogen-bond acceptors (Lipinski definition) is 4. The maximum absolute atomic E-state index is 12.2. The summed E-state index contributed by atoms with van der Waals surface area (Å²) in [4.78, 5) is 14.2. The van der Waals surface area contributed by atoms with Crippen LogP contribution in [0.2, 0.25) is 5.15 Å². The van der Waals surface area contributed by atoms with E-state index in [0.29, 0.717) is 29.7 Å². The molecule has 7 heteroatoms. The van der Waals surface area contributed by atoms with Gasteiger partial charge in [-0.1, -0.05) is 16.8 Å². The fourth-order valence-electron chi connectivity index (χ4n) is 3.01. The molecule has 1 aliphatic heterocycles. The standard InChI is InChI=1S/C16H21ClN4O2/c17-15-12-14(23-19-15)2-3-16(22)20-9-4-13(5-10-20)6-11-21-8-1-7-18-21/h1,7-8,12-13H,2-6,9-11H2. The van der Waals surface area contributed by atoms with Crippen molar-refractivity contribution in [1.29, 1.82) is 0 Å². The molecule has 1 saturated heterocycles. The first kappa shape index (κ1) is 16.1. The van der Waals surface area contributed by atoms with E-state index in [1.54, 1.807) is 6.07 Å². The van der Waals surface area contributed by atoms with Gasteiger partial charge in [0, 0.05) is 50.9 Å². The van der Waals surface area contributed by atoms with Crippen molar-refractivity contribution < 1.29 is 9.32 Å². The number of piperidine rings is 1. The molecule has 0 aliphatic carbocycles. The van der Waals surface area contributed by atoms with Crippen molar-refractivity contribution in [2.45, 2.75) is 38.6 Å². The van der Waals surface area contributed by atoms with E-state index in [-0.39, 0.29) is 5.91 Å². The average Bonchev–Trinajstić information content (AvgIpc) is 3.22. The monoisotopic (exact) mass is 336 g/mol. The molecule has 6 nitrogen and oxygen atoms in total. The van der Waals surface area contributed by atoms with Crippen molar-refractivity contribution in [3.8, 4) is 0 Å². The van der Waals surface area contributed by atoms with E-state index in [1.807, 2.05) is 28.0 Å². The van der Waals surface area contributed by atoms with Gasteiger partial charge in [0.2, 0.25) is 5.91 Å². The van der Waals surface area contributed by atoms with Crippen LogP contribution in [0.1, 0.15) is 31.4 Å². The van der Waals surface area contributed by atoms with Crippen LogP contribution in [0.4, 0.5) is 0 Å². The van der Waals surface area contributed by atoms with Gasteiger partial charge in [-0.05, 0) is 31.2 Å². The van der Waals surface area contributed by atoms with Crippen LogP contribution in [0.15, 0.2) is 29.0 Å². The molecule has 124 valence electrons. The van der Waals surface area contributed by atoms with Gasteiger partial charge in [-0.15, -0.1) is 0 Å². The molecule has 2 aromatic heterocycles. The van der Waals surface area contributed by atoms with E-state index in [9.17, 15) is 4.79 Å². The molecule has 1 amide bonds. The molecule has 0 N–H and O–H groups in total. The first-order valence-corrected chi connectivity index (χ1v) is 8.45. The van der Waals surface area contributed by atoms with E-state index in [0.717, 1.165) is 38.9 Å². The molecule has 3 rings (SSSR count). The first-order chi connectivity index (χ1) is 11.2. The van der Waals surface area contributed by atoms with Gasteiger partial charge >= 0.3 is 0 Å². The van der Waals surface area contributed by atoms with Crippen molar-refractivity contribution in [3.63, 3.8) is 0 Å². The molecule has 0 spiro atoms. The van der Waals surface area contributed by atoms with Gasteiger partial charge in [0.25, 0.3) is 0 Å². The lowest BCUT2D eigenvalue weighted by Gasteiger charge is -2.32. The second kappa shape index (κ2) is 7.64. The van der Waals surface area contributed by atoms with Crippen LogP contribution < -0.4 is 0 Å². The Hall–Kier alpha value is -1.82. The SMILES string of the molecule is O=C(CCc1cc(Cl)no1)N1CCC(CCn2cccn2)CC1. The quantitative estimate of drug-likeness (QED) is 0.813. The number of likely N-dealkylation sites (tertiary alicyclic amines) is 1. The topological polar surface area (TPSA) is 64.2 Å². The van der Waals surface area contributed by atoms with Crippen molar-refractivity contribution in [1.82, 2.24) is 19.8 Å². The van der Waals surface area contributed by atoms with Crippen molar-refractivity contribution in [3.05, 3.63) is 35.4 Å². The lowest BCUT2D eigenvalue weighted by molar-refractivity contribution is -0.132. The summed E-state index contributed by atoms with van der Waals surface area (Å²) in [6.45, 7) is 2.65. The zero-order valence-corrected chi connectivity index (χ0v) is 13.8. The third kappa shape index (κ3) is 4.58. The van der Waals surface area contributed by atoms with Crippen molar-refractivity contribution in [2.24, 2.45) is 5.92 Å². The predicted octanol–water partition coefficient (Wildman–Crippen LogP) is 2.79. The van der Waals surface area contributed by atoms with Gasteiger partial charge < -0.3 is 9.42 Å². The second-order valence-electron chi connectivity index (χ2n) is 6.00. The molecule has 0 aromatic carbocycles. The lowest BCUT2D eigenvalue weighted by Crippen LogP contribution is -2.38. The molecule has 0 unspecified atom stereocenters. The Kier molecular flexibility index (Phi) is 5.33. The number of halogens is 1. The van der Waals surface area contributed by atoms with E-state index in [1.165, 1.54) is 0 Å². The Labute approximate surface area is 140 Å². The number of carbonyl (C=O) groups is 1. The molecule has 2 aromatic rings. The summed E-state index contributed by atoms with van der Waals surface area (Å²) in [5, 5.41) is 8.18. The molecule has 1 aliphatic rings. The molecule has 23 heavy (non-hydrogen) atoms. The fourth-order valence-corrected chi connectivity index (χ4v) is 3.17. The molecule has 0 atom stereocenters. The highest BCUT2D eigenvalue weighted by Gasteiger charge is 2.22. The van der Waals surface area contributed by atoms with Crippen LogP contribution >= 0.6 is 11.6 Å². The van der Waals surface area contributed by atoms with Gasteiger partial charge in [0.05, 0.1) is 0 Å².